The van der Waals surface area contributed by atoms with E-state index in [-0.39, 0.29) is 11.4 Å². The Morgan fingerprint density at radius 2 is 1.96 bits per heavy atom. The van der Waals surface area contributed by atoms with Crippen molar-refractivity contribution in [2.75, 3.05) is 5.73 Å². The highest BCUT2D eigenvalue weighted by Gasteiger charge is 2.18. The van der Waals surface area contributed by atoms with E-state index in [0.717, 1.165) is 15.1 Å². The molecule has 3 aromatic rings. The summed E-state index contributed by atoms with van der Waals surface area (Å²) in [5.41, 5.74) is 6.54. The first-order valence-electron chi connectivity index (χ1n) is 6.67. The number of nitrogen functional groups attached to an aromatic ring is 1. The van der Waals surface area contributed by atoms with Gasteiger partial charge in [0, 0.05) is 30.1 Å². The molecule has 0 aliphatic carbocycles. The van der Waals surface area contributed by atoms with E-state index in [1.165, 1.54) is 30.0 Å². The number of benzene rings is 1. The molecule has 0 unspecified atom stereocenters. The Bertz CT molecular complexity index is 1020. The lowest BCUT2D eigenvalue weighted by molar-refractivity contribution is 0.696. The molecule has 0 aliphatic rings. The Labute approximate surface area is 140 Å². The molecule has 118 valence electrons. The first-order valence-corrected chi connectivity index (χ1v) is 7.93. The molecule has 23 heavy (non-hydrogen) atoms. The molecule has 2 heterocycles. The molecule has 0 spiro atoms. The topological polar surface area (TPSA) is 82.9 Å². The molecule has 0 fully saturated rings. The summed E-state index contributed by atoms with van der Waals surface area (Å²) in [5, 5.41) is 3.07. The van der Waals surface area contributed by atoms with E-state index in [9.17, 15) is 9.59 Å². The third-order valence-electron chi connectivity index (χ3n) is 3.54. The quantitative estimate of drug-likeness (QED) is 0.768. The first kappa shape index (κ1) is 15.5. The van der Waals surface area contributed by atoms with Gasteiger partial charge in [-0.2, -0.15) is 0 Å². The Hall–Kier alpha value is -2.38. The fourth-order valence-corrected chi connectivity index (χ4v) is 3.24. The molecule has 3 rings (SSSR count). The summed E-state index contributed by atoms with van der Waals surface area (Å²) < 4.78 is 2.25. The summed E-state index contributed by atoms with van der Waals surface area (Å²) in [6.45, 7) is 0. The van der Waals surface area contributed by atoms with Crippen molar-refractivity contribution < 1.29 is 0 Å². The molecule has 8 heteroatoms. The standard InChI is InChI=1S/C15H13ClN4O2S/c1-19-12(17)11(14(21)20(2)15(19)22)10-7-23-13(18-10)8-4-3-5-9(16)6-8/h3-7H,17H2,1-2H3. The van der Waals surface area contributed by atoms with Gasteiger partial charge in [0.15, 0.2) is 0 Å². The van der Waals surface area contributed by atoms with Crippen LogP contribution in [0.5, 0.6) is 0 Å². The minimum absolute atomic E-state index is 0.0982. The third-order valence-corrected chi connectivity index (χ3v) is 4.67. The average molecular weight is 349 g/mol. The lowest BCUT2D eigenvalue weighted by atomic mass is 10.2. The largest absolute Gasteiger partial charge is 0.384 e. The molecule has 0 aliphatic heterocycles. The third kappa shape index (κ3) is 2.58. The highest BCUT2D eigenvalue weighted by atomic mass is 35.5. The van der Waals surface area contributed by atoms with Crippen LogP contribution in [-0.4, -0.2) is 14.1 Å². The van der Waals surface area contributed by atoms with Gasteiger partial charge in [0.05, 0.1) is 5.69 Å². The van der Waals surface area contributed by atoms with E-state index >= 15 is 0 Å². The molecule has 0 atom stereocenters. The maximum Gasteiger partial charge on any atom is 0.332 e. The summed E-state index contributed by atoms with van der Waals surface area (Å²) >= 11 is 7.37. The lowest BCUT2D eigenvalue weighted by Gasteiger charge is -2.09. The predicted octanol–water partition coefficient (Wildman–Crippen LogP) is 2.11. The molecule has 0 radical (unpaired) electrons. The zero-order valence-electron chi connectivity index (χ0n) is 12.4. The molecule has 0 saturated carbocycles. The number of hydrogen-bond donors (Lipinski definition) is 1. The molecule has 1 aromatic carbocycles. The van der Waals surface area contributed by atoms with Crippen molar-refractivity contribution >= 4 is 28.8 Å². The monoisotopic (exact) mass is 348 g/mol. The van der Waals surface area contributed by atoms with Crippen LogP contribution in [0.2, 0.25) is 5.02 Å². The minimum Gasteiger partial charge on any atom is -0.384 e. The van der Waals surface area contributed by atoms with Gasteiger partial charge >= 0.3 is 5.69 Å². The minimum atomic E-state index is -0.471. The maximum atomic E-state index is 12.4. The van der Waals surface area contributed by atoms with Crippen LogP contribution in [0, 0.1) is 0 Å². The van der Waals surface area contributed by atoms with Gasteiger partial charge in [-0.05, 0) is 12.1 Å². The predicted molar refractivity (Wildman–Crippen MR) is 92.9 cm³/mol. The second kappa shape index (κ2) is 5.68. The SMILES string of the molecule is Cn1c(N)c(-c2csc(-c3cccc(Cl)c3)n2)c(=O)n(C)c1=O. The van der Waals surface area contributed by atoms with Crippen molar-refractivity contribution in [1.29, 1.82) is 0 Å². The normalized spacial score (nSPS) is 10.9. The van der Waals surface area contributed by atoms with Gasteiger partial charge in [-0.15, -0.1) is 11.3 Å². The number of nitrogens with zero attached hydrogens (tertiary/aromatic N) is 3. The van der Waals surface area contributed by atoms with Gasteiger partial charge < -0.3 is 5.73 Å². The maximum absolute atomic E-state index is 12.4. The Morgan fingerprint density at radius 1 is 1.22 bits per heavy atom. The summed E-state index contributed by atoms with van der Waals surface area (Å²) in [7, 11) is 2.93. The van der Waals surface area contributed by atoms with Crippen LogP contribution < -0.4 is 17.0 Å². The van der Waals surface area contributed by atoms with Gasteiger partial charge in [0.25, 0.3) is 5.56 Å². The Morgan fingerprint density at radius 3 is 2.65 bits per heavy atom. The first-order chi connectivity index (χ1) is 10.9. The number of thiazole rings is 1. The van der Waals surface area contributed by atoms with Crippen LogP contribution in [0.4, 0.5) is 5.82 Å². The summed E-state index contributed by atoms with van der Waals surface area (Å²) in [6, 6.07) is 7.29. The van der Waals surface area contributed by atoms with E-state index in [2.05, 4.69) is 4.98 Å². The van der Waals surface area contributed by atoms with Crippen molar-refractivity contribution in [3.8, 4) is 21.8 Å². The number of anilines is 1. The molecule has 0 saturated heterocycles. The lowest BCUT2D eigenvalue weighted by Crippen LogP contribution is -2.39. The zero-order valence-corrected chi connectivity index (χ0v) is 14.0. The Balaban J connectivity index is 2.19. The van der Waals surface area contributed by atoms with Crippen molar-refractivity contribution in [1.82, 2.24) is 14.1 Å². The van der Waals surface area contributed by atoms with Crippen LogP contribution in [-0.2, 0) is 14.1 Å². The zero-order chi connectivity index (χ0) is 16.7. The average Bonchev–Trinajstić information content (AvgIpc) is 3.01. The van der Waals surface area contributed by atoms with Gasteiger partial charge in [-0.3, -0.25) is 13.9 Å². The number of halogens is 1. The Kier molecular flexibility index (Phi) is 3.83. The molecular weight excluding hydrogens is 336 g/mol. The van der Waals surface area contributed by atoms with E-state index < -0.39 is 11.2 Å². The van der Waals surface area contributed by atoms with Gasteiger partial charge in [0.1, 0.15) is 16.4 Å². The van der Waals surface area contributed by atoms with Crippen molar-refractivity contribution in [2.24, 2.45) is 14.1 Å². The molecular formula is C15H13ClN4O2S. The van der Waals surface area contributed by atoms with E-state index in [1.54, 1.807) is 17.5 Å². The summed E-state index contributed by atoms with van der Waals surface area (Å²) in [6.07, 6.45) is 0. The second-order valence-electron chi connectivity index (χ2n) is 5.01. The molecule has 6 nitrogen and oxygen atoms in total. The van der Waals surface area contributed by atoms with Gasteiger partial charge in [-0.25, -0.2) is 9.78 Å². The van der Waals surface area contributed by atoms with Gasteiger partial charge in [-0.1, -0.05) is 23.7 Å². The molecule has 0 amide bonds. The summed E-state index contributed by atoms with van der Waals surface area (Å²) in [5.74, 6) is 0.0982. The second-order valence-corrected chi connectivity index (χ2v) is 6.31. The van der Waals surface area contributed by atoms with Crippen LogP contribution in [0.3, 0.4) is 0 Å². The number of rotatable bonds is 2. The van der Waals surface area contributed by atoms with E-state index in [0.29, 0.717) is 10.7 Å². The summed E-state index contributed by atoms with van der Waals surface area (Å²) in [4.78, 5) is 28.7. The molecule has 0 bridgehead atoms. The van der Waals surface area contributed by atoms with Crippen LogP contribution >= 0.6 is 22.9 Å². The highest BCUT2D eigenvalue weighted by Crippen LogP contribution is 2.30. The molecule has 2 aromatic heterocycles. The van der Waals surface area contributed by atoms with E-state index in [4.69, 9.17) is 17.3 Å². The number of hydrogen-bond acceptors (Lipinski definition) is 5. The smallest absolute Gasteiger partial charge is 0.332 e. The molecule has 2 N–H and O–H groups in total. The highest BCUT2D eigenvalue weighted by molar-refractivity contribution is 7.13. The number of nitrogens with two attached hydrogens (primary N) is 1. The van der Waals surface area contributed by atoms with Crippen LogP contribution in [0.1, 0.15) is 0 Å². The van der Waals surface area contributed by atoms with Gasteiger partial charge in [0.2, 0.25) is 0 Å². The van der Waals surface area contributed by atoms with Crippen molar-refractivity contribution in [3.05, 3.63) is 55.5 Å². The van der Waals surface area contributed by atoms with Crippen LogP contribution in [0.15, 0.2) is 39.2 Å². The number of aromatic nitrogens is 3. The van der Waals surface area contributed by atoms with E-state index in [1.807, 2.05) is 12.1 Å². The fourth-order valence-electron chi connectivity index (χ4n) is 2.24. The van der Waals surface area contributed by atoms with Crippen LogP contribution in [0.25, 0.3) is 21.8 Å². The van der Waals surface area contributed by atoms with Crippen molar-refractivity contribution in [3.63, 3.8) is 0 Å². The van der Waals surface area contributed by atoms with Crippen molar-refractivity contribution in [2.45, 2.75) is 0 Å². The fraction of sp³-hybridized carbons (Fsp3) is 0.133.